The summed E-state index contributed by atoms with van der Waals surface area (Å²) in [5, 5.41) is 0. The van der Waals surface area contributed by atoms with Crippen molar-refractivity contribution in [1.82, 2.24) is 9.38 Å². The molecule has 0 amide bonds. The lowest BCUT2D eigenvalue weighted by molar-refractivity contribution is 0.647. The molecule has 0 bridgehead atoms. The average Bonchev–Trinajstić information content (AvgIpc) is 2.44. The van der Waals surface area contributed by atoms with Crippen LogP contribution in [0.4, 0.5) is 0 Å². The summed E-state index contributed by atoms with van der Waals surface area (Å²) in [6.07, 6.45) is 9.01. The minimum Gasteiger partial charge on any atom is -0.321 e. The summed E-state index contributed by atoms with van der Waals surface area (Å²) in [6, 6.07) is 2.20. The number of fused-ring (bicyclic) bond motifs is 1. The van der Waals surface area contributed by atoms with Gasteiger partial charge in [-0.15, -0.1) is 0 Å². The van der Waals surface area contributed by atoms with Crippen LogP contribution in [0, 0.1) is 5.92 Å². The van der Waals surface area contributed by atoms with E-state index in [1.165, 1.54) is 11.1 Å². The average molecular weight is 174 g/mol. The van der Waals surface area contributed by atoms with Crippen molar-refractivity contribution in [2.45, 2.75) is 20.3 Å². The van der Waals surface area contributed by atoms with Gasteiger partial charge in [0.2, 0.25) is 0 Å². The highest BCUT2D eigenvalue weighted by molar-refractivity contribution is 5.48. The third-order valence-electron chi connectivity index (χ3n) is 2.10. The first-order valence-corrected chi connectivity index (χ1v) is 4.66. The van der Waals surface area contributed by atoms with Crippen molar-refractivity contribution in [2.75, 3.05) is 0 Å². The van der Waals surface area contributed by atoms with Gasteiger partial charge in [-0.05, 0) is 24.0 Å². The van der Waals surface area contributed by atoms with Gasteiger partial charge in [-0.2, -0.15) is 0 Å². The standard InChI is InChI=1S/C11H14N2/c1-9(2)5-10-6-11-7-12-3-4-13(11)8-10/h3-4,6-9H,5H2,1-2H3. The maximum atomic E-state index is 4.08. The van der Waals surface area contributed by atoms with Crippen LogP contribution in [0.25, 0.3) is 5.52 Å². The first-order valence-electron chi connectivity index (χ1n) is 4.66. The van der Waals surface area contributed by atoms with Crippen LogP contribution in [-0.4, -0.2) is 9.38 Å². The Bertz CT molecular complexity index is 368. The van der Waals surface area contributed by atoms with E-state index >= 15 is 0 Å². The van der Waals surface area contributed by atoms with Gasteiger partial charge in [-0.25, -0.2) is 0 Å². The van der Waals surface area contributed by atoms with Crippen molar-refractivity contribution < 1.29 is 0 Å². The Morgan fingerprint density at radius 2 is 2.31 bits per heavy atom. The molecule has 0 fully saturated rings. The smallest absolute Gasteiger partial charge is 0.0636 e. The van der Waals surface area contributed by atoms with Gasteiger partial charge in [0.1, 0.15) is 0 Å². The molecule has 13 heavy (non-hydrogen) atoms. The summed E-state index contributed by atoms with van der Waals surface area (Å²) in [4.78, 5) is 4.08. The third-order valence-corrected chi connectivity index (χ3v) is 2.10. The molecule has 68 valence electrons. The molecule has 2 heterocycles. The minimum atomic E-state index is 0.713. The molecule has 0 aliphatic rings. The van der Waals surface area contributed by atoms with Gasteiger partial charge in [-0.1, -0.05) is 13.8 Å². The summed E-state index contributed by atoms with van der Waals surface area (Å²) in [5.74, 6) is 0.713. The quantitative estimate of drug-likeness (QED) is 0.684. The van der Waals surface area contributed by atoms with E-state index in [-0.39, 0.29) is 0 Å². The molecule has 0 aliphatic heterocycles. The Kier molecular flexibility index (Phi) is 2.05. The summed E-state index contributed by atoms with van der Waals surface area (Å²) >= 11 is 0. The van der Waals surface area contributed by atoms with E-state index < -0.39 is 0 Å². The molecule has 0 N–H and O–H groups in total. The Morgan fingerprint density at radius 1 is 1.46 bits per heavy atom. The first kappa shape index (κ1) is 8.30. The highest BCUT2D eigenvalue weighted by Crippen LogP contribution is 2.12. The van der Waals surface area contributed by atoms with Crippen molar-refractivity contribution in [3.63, 3.8) is 0 Å². The summed E-state index contributed by atoms with van der Waals surface area (Å²) < 4.78 is 2.12. The third kappa shape index (κ3) is 1.72. The fourth-order valence-corrected chi connectivity index (χ4v) is 1.60. The largest absolute Gasteiger partial charge is 0.321 e. The fourth-order valence-electron chi connectivity index (χ4n) is 1.60. The SMILES string of the molecule is CC(C)Cc1cc2cnccn2c1. The molecular weight excluding hydrogens is 160 g/mol. The van der Waals surface area contributed by atoms with E-state index in [1.807, 2.05) is 18.6 Å². The molecule has 2 aromatic heterocycles. The van der Waals surface area contributed by atoms with Gasteiger partial charge >= 0.3 is 0 Å². The molecule has 0 spiro atoms. The van der Waals surface area contributed by atoms with E-state index in [4.69, 9.17) is 0 Å². The lowest BCUT2D eigenvalue weighted by Crippen LogP contribution is -1.91. The van der Waals surface area contributed by atoms with Gasteiger partial charge in [0.05, 0.1) is 11.7 Å². The van der Waals surface area contributed by atoms with Crippen LogP contribution in [-0.2, 0) is 6.42 Å². The van der Waals surface area contributed by atoms with Gasteiger partial charge in [0.25, 0.3) is 0 Å². The van der Waals surface area contributed by atoms with Crippen LogP contribution in [0.15, 0.2) is 30.9 Å². The molecule has 0 aliphatic carbocycles. The van der Waals surface area contributed by atoms with Gasteiger partial charge < -0.3 is 4.40 Å². The van der Waals surface area contributed by atoms with Crippen LogP contribution >= 0.6 is 0 Å². The van der Waals surface area contributed by atoms with Gasteiger partial charge in [-0.3, -0.25) is 4.98 Å². The zero-order valence-electron chi connectivity index (χ0n) is 8.07. The van der Waals surface area contributed by atoms with Crippen molar-refractivity contribution in [3.05, 3.63) is 36.4 Å². The first-order chi connectivity index (χ1) is 6.25. The molecule has 2 rings (SSSR count). The summed E-state index contributed by atoms with van der Waals surface area (Å²) in [6.45, 7) is 4.47. The zero-order valence-corrected chi connectivity index (χ0v) is 8.07. The number of hydrogen-bond donors (Lipinski definition) is 0. The van der Waals surface area contributed by atoms with E-state index in [9.17, 15) is 0 Å². The number of nitrogens with zero attached hydrogens (tertiary/aromatic N) is 2. The van der Waals surface area contributed by atoms with Crippen LogP contribution < -0.4 is 0 Å². The topological polar surface area (TPSA) is 17.3 Å². The van der Waals surface area contributed by atoms with E-state index in [0.29, 0.717) is 5.92 Å². The Labute approximate surface area is 78.2 Å². The Hall–Kier alpha value is -1.31. The van der Waals surface area contributed by atoms with Crippen LogP contribution in [0.3, 0.4) is 0 Å². The van der Waals surface area contributed by atoms with Crippen molar-refractivity contribution >= 4 is 5.52 Å². The molecule has 2 heteroatoms. The second-order valence-corrected chi connectivity index (χ2v) is 3.85. The maximum Gasteiger partial charge on any atom is 0.0636 e. The highest BCUT2D eigenvalue weighted by Gasteiger charge is 2.01. The normalized spacial score (nSPS) is 11.3. The molecule has 0 radical (unpaired) electrons. The maximum absolute atomic E-state index is 4.08. The number of rotatable bonds is 2. The van der Waals surface area contributed by atoms with E-state index in [2.05, 4.69) is 35.5 Å². The Morgan fingerprint density at radius 3 is 3.00 bits per heavy atom. The van der Waals surface area contributed by atoms with Gasteiger partial charge in [0.15, 0.2) is 0 Å². The predicted octanol–water partition coefficient (Wildman–Crippen LogP) is 2.53. The van der Waals surface area contributed by atoms with Crippen LogP contribution in [0.1, 0.15) is 19.4 Å². The monoisotopic (exact) mass is 174 g/mol. The fraction of sp³-hybridized carbons (Fsp3) is 0.364. The number of hydrogen-bond acceptors (Lipinski definition) is 1. The molecule has 0 atom stereocenters. The molecule has 2 nitrogen and oxygen atoms in total. The van der Waals surface area contributed by atoms with E-state index in [1.54, 1.807) is 0 Å². The molecule has 0 saturated carbocycles. The van der Waals surface area contributed by atoms with Crippen molar-refractivity contribution in [2.24, 2.45) is 5.92 Å². The van der Waals surface area contributed by atoms with E-state index in [0.717, 1.165) is 6.42 Å². The Balaban J connectivity index is 2.38. The van der Waals surface area contributed by atoms with Crippen LogP contribution in [0.2, 0.25) is 0 Å². The van der Waals surface area contributed by atoms with Crippen molar-refractivity contribution in [3.8, 4) is 0 Å². The predicted molar refractivity (Wildman–Crippen MR) is 53.7 cm³/mol. The second-order valence-electron chi connectivity index (χ2n) is 3.85. The summed E-state index contributed by atoms with van der Waals surface area (Å²) in [7, 11) is 0. The van der Waals surface area contributed by atoms with Gasteiger partial charge in [0, 0.05) is 18.6 Å². The van der Waals surface area contributed by atoms with Crippen LogP contribution in [0.5, 0.6) is 0 Å². The lowest BCUT2D eigenvalue weighted by Gasteiger charge is -1.99. The molecule has 0 unspecified atom stereocenters. The highest BCUT2D eigenvalue weighted by atomic mass is 14.9. The second kappa shape index (κ2) is 3.21. The minimum absolute atomic E-state index is 0.713. The summed E-state index contributed by atoms with van der Waals surface area (Å²) in [5.41, 5.74) is 2.57. The lowest BCUT2D eigenvalue weighted by atomic mass is 10.1. The zero-order chi connectivity index (χ0) is 9.26. The number of aromatic nitrogens is 2. The van der Waals surface area contributed by atoms with Crippen molar-refractivity contribution in [1.29, 1.82) is 0 Å². The molecule has 0 aromatic carbocycles. The molecule has 0 saturated heterocycles. The molecule has 2 aromatic rings. The molecular formula is C11H14N2.